The largest absolute Gasteiger partial charge is 0.480 e. The molecule has 0 spiro atoms. The van der Waals surface area contributed by atoms with Crippen LogP contribution in [0, 0.1) is 5.41 Å². The lowest BCUT2D eigenvalue weighted by molar-refractivity contribution is -0.140. The summed E-state index contributed by atoms with van der Waals surface area (Å²) in [6.07, 6.45) is 0. The van der Waals surface area contributed by atoms with E-state index in [1.165, 1.54) is 6.92 Å². The molecular weight excluding hydrogens is 226 g/mol. The highest BCUT2D eigenvalue weighted by Gasteiger charge is 2.18. The lowest BCUT2D eigenvalue weighted by Gasteiger charge is -2.11. The van der Waals surface area contributed by atoms with Crippen LogP contribution in [0.2, 0.25) is 0 Å². The monoisotopic (exact) mass is 237 g/mol. The minimum Gasteiger partial charge on any atom is -0.480 e. The highest BCUT2D eigenvalue weighted by Crippen LogP contribution is 2.20. The molecule has 8 heteroatoms. The van der Waals surface area contributed by atoms with Crippen molar-refractivity contribution >= 4 is 38.6 Å². The molecule has 0 aliphatic rings. The number of rotatable bonds is 5. The molecule has 5 N–H and O–H groups in total. The SMILES string of the molecule is CC(=O)NC(CSSC(=N)N)C(=O)O. The fourth-order valence-corrected chi connectivity index (χ4v) is 2.14. The molecule has 0 saturated carbocycles. The number of carboxylic acids is 1. The topological polar surface area (TPSA) is 116 Å². The van der Waals surface area contributed by atoms with E-state index in [-0.39, 0.29) is 10.9 Å². The van der Waals surface area contributed by atoms with Gasteiger partial charge in [-0.3, -0.25) is 10.2 Å². The fraction of sp³-hybridized carbons (Fsp3) is 0.500. The second kappa shape index (κ2) is 6.55. The molecule has 0 aromatic rings. The Balaban J connectivity index is 3.91. The van der Waals surface area contributed by atoms with Gasteiger partial charge in [0.2, 0.25) is 5.91 Å². The fourth-order valence-electron chi connectivity index (χ4n) is 0.586. The van der Waals surface area contributed by atoms with Gasteiger partial charge in [0.05, 0.1) is 0 Å². The van der Waals surface area contributed by atoms with E-state index in [1.54, 1.807) is 0 Å². The predicted octanol–water partition coefficient (Wildman–Crippen LogP) is -0.149. The van der Waals surface area contributed by atoms with Gasteiger partial charge in [-0.2, -0.15) is 0 Å². The molecule has 0 heterocycles. The van der Waals surface area contributed by atoms with Gasteiger partial charge in [-0.05, 0) is 10.8 Å². The third-order valence-electron chi connectivity index (χ3n) is 1.06. The smallest absolute Gasteiger partial charge is 0.327 e. The summed E-state index contributed by atoms with van der Waals surface area (Å²) in [5.41, 5.74) is 5.05. The van der Waals surface area contributed by atoms with Gasteiger partial charge in [0, 0.05) is 12.7 Å². The van der Waals surface area contributed by atoms with Gasteiger partial charge < -0.3 is 16.2 Å². The molecule has 80 valence electrons. The second-order valence-electron chi connectivity index (χ2n) is 2.32. The van der Waals surface area contributed by atoms with Crippen LogP contribution in [-0.2, 0) is 9.59 Å². The predicted molar refractivity (Wildman–Crippen MR) is 57.2 cm³/mol. The average Bonchev–Trinajstić information content (AvgIpc) is 2.00. The molecule has 0 fully saturated rings. The standard InChI is InChI=1S/C6H11N3O3S2/c1-3(10)9-4(5(11)12)2-13-14-6(7)8/h4H,2H2,1H3,(H3,7,8)(H,9,10)(H,11,12). The first kappa shape index (κ1) is 13.1. The number of amidine groups is 1. The van der Waals surface area contributed by atoms with Gasteiger partial charge in [-0.15, -0.1) is 0 Å². The van der Waals surface area contributed by atoms with E-state index in [0.717, 1.165) is 21.6 Å². The molecule has 1 amide bonds. The van der Waals surface area contributed by atoms with E-state index in [2.05, 4.69) is 5.32 Å². The number of hydrogen-bond donors (Lipinski definition) is 4. The Labute approximate surface area is 88.9 Å². The van der Waals surface area contributed by atoms with Crippen molar-refractivity contribution in [2.75, 3.05) is 5.75 Å². The molecule has 0 rings (SSSR count). The Hall–Kier alpha value is -0.890. The zero-order valence-corrected chi connectivity index (χ0v) is 9.08. The van der Waals surface area contributed by atoms with Crippen LogP contribution in [0.5, 0.6) is 0 Å². The molecular formula is C6H11N3O3S2. The van der Waals surface area contributed by atoms with Crippen molar-refractivity contribution in [3.8, 4) is 0 Å². The third kappa shape index (κ3) is 6.61. The van der Waals surface area contributed by atoms with Crippen molar-refractivity contribution < 1.29 is 14.7 Å². The Morgan fingerprint density at radius 2 is 2.21 bits per heavy atom. The second-order valence-corrected chi connectivity index (χ2v) is 4.71. The normalized spacial score (nSPS) is 11.8. The summed E-state index contributed by atoms with van der Waals surface area (Å²) in [4.78, 5) is 21.2. The molecule has 1 unspecified atom stereocenters. The van der Waals surface area contributed by atoms with Crippen LogP contribution < -0.4 is 11.1 Å². The third-order valence-corrected chi connectivity index (χ3v) is 3.13. The molecule has 0 aromatic carbocycles. The van der Waals surface area contributed by atoms with Crippen LogP contribution in [0.3, 0.4) is 0 Å². The summed E-state index contributed by atoms with van der Waals surface area (Å²) in [5, 5.41) is 17.7. The summed E-state index contributed by atoms with van der Waals surface area (Å²) >= 11 is 0. The van der Waals surface area contributed by atoms with Crippen LogP contribution >= 0.6 is 21.6 Å². The maximum Gasteiger partial charge on any atom is 0.327 e. The highest BCUT2D eigenvalue weighted by molar-refractivity contribution is 8.82. The van der Waals surface area contributed by atoms with Gasteiger partial charge >= 0.3 is 5.97 Å². The summed E-state index contributed by atoms with van der Waals surface area (Å²) in [7, 11) is 2.08. The van der Waals surface area contributed by atoms with E-state index in [1.807, 2.05) is 0 Å². The molecule has 6 nitrogen and oxygen atoms in total. The van der Waals surface area contributed by atoms with Crippen molar-refractivity contribution in [2.45, 2.75) is 13.0 Å². The van der Waals surface area contributed by atoms with Gasteiger partial charge in [0.1, 0.15) is 6.04 Å². The molecule has 0 aliphatic heterocycles. The Kier molecular flexibility index (Phi) is 6.13. The minimum absolute atomic E-state index is 0.0954. The zero-order chi connectivity index (χ0) is 11.1. The first-order valence-corrected chi connectivity index (χ1v) is 5.88. The first-order chi connectivity index (χ1) is 6.43. The van der Waals surface area contributed by atoms with Crippen molar-refractivity contribution in [3.63, 3.8) is 0 Å². The Bertz CT molecular complexity index is 246. The van der Waals surface area contributed by atoms with Gasteiger partial charge in [-0.25, -0.2) is 4.79 Å². The highest BCUT2D eigenvalue weighted by atomic mass is 33.1. The summed E-state index contributed by atoms with van der Waals surface area (Å²) in [6.45, 7) is 1.25. The van der Waals surface area contributed by atoms with Crippen molar-refractivity contribution in [2.24, 2.45) is 5.73 Å². The molecule has 14 heavy (non-hydrogen) atoms. The number of carbonyl (C=O) groups is 2. The first-order valence-electron chi connectivity index (χ1n) is 3.57. The average molecular weight is 237 g/mol. The molecule has 0 radical (unpaired) electrons. The van der Waals surface area contributed by atoms with Crippen molar-refractivity contribution in [1.29, 1.82) is 5.41 Å². The van der Waals surface area contributed by atoms with Crippen LogP contribution in [0.15, 0.2) is 0 Å². The number of amides is 1. The van der Waals surface area contributed by atoms with Gasteiger partial charge in [0.25, 0.3) is 0 Å². The molecule has 1 atom stereocenters. The summed E-state index contributed by atoms with van der Waals surface area (Å²) in [6, 6.07) is -0.940. The molecule has 0 saturated heterocycles. The van der Waals surface area contributed by atoms with Crippen LogP contribution in [0.4, 0.5) is 0 Å². The summed E-state index contributed by atoms with van der Waals surface area (Å²) in [5.74, 6) is -1.33. The molecule has 0 aromatic heterocycles. The number of aliphatic carboxylic acids is 1. The van der Waals surface area contributed by atoms with Crippen molar-refractivity contribution in [1.82, 2.24) is 5.32 Å². The summed E-state index contributed by atoms with van der Waals surface area (Å²) < 4.78 is 0. The molecule has 0 bridgehead atoms. The van der Waals surface area contributed by atoms with E-state index in [4.69, 9.17) is 16.2 Å². The van der Waals surface area contributed by atoms with Crippen LogP contribution in [-0.4, -0.2) is 33.9 Å². The maximum absolute atomic E-state index is 10.6. The molecule has 0 aliphatic carbocycles. The number of nitrogens with two attached hydrogens (primary N) is 1. The Morgan fingerprint density at radius 3 is 2.57 bits per heavy atom. The lowest BCUT2D eigenvalue weighted by atomic mass is 10.3. The minimum atomic E-state index is -1.10. The number of carbonyl (C=O) groups excluding carboxylic acids is 1. The number of hydrogen-bond acceptors (Lipinski definition) is 5. The van der Waals surface area contributed by atoms with E-state index < -0.39 is 17.9 Å². The van der Waals surface area contributed by atoms with Gasteiger partial charge in [-0.1, -0.05) is 10.8 Å². The zero-order valence-electron chi connectivity index (χ0n) is 7.44. The maximum atomic E-state index is 10.6. The van der Waals surface area contributed by atoms with Crippen LogP contribution in [0.1, 0.15) is 6.92 Å². The van der Waals surface area contributed by atoms with E-state index >= 15 is 0 Å². The van der Waals surface area contributed by atoms with E-state index in [9.17, 15) is 9.59 Å². The lowest BCUT2D eigenvalue weighted by Crippen LogP contribution is -2.41. The number of carboxylic acid groups (broad SMARTS) is 1. The quantitative estimate of drug-likeness (QED) is 0.300. The number of nitrogens with one attached hydrogen (secondary N) is 2. The van der Waals surface area contributed by atoms with Crippen LogP contribution in [0.25, 0.3) is 0 Å². The van der Waals surface area contributed by atoms with Crippen molar-refractivity contribution in [3.05, 3.63) is 0 Å². The van der Waals surface area contributed by atoms with E-state index in [0.29, 0.717) is 0 Å². The van der Waals surface area contributed by atoms with Gasteiger partial charge in [0.15, 0.2) is 5.17 Å². The Morgan fingerprint density at radius 1 is 1.64 bits per heavy atom.